The lowest BCUT2D eigenvalue weighted by atomic mass is 10.0. The first kappa shape index (κ1) is 16.8. The van der Waals surface area contributed by atoms with Crippen molar-refractivity contribution in [3.63, 3.8) is 0 Å². The van der Waals surface area contributed by atoms with Crippen LogP contribution < -0.4 is 15.4 Å². The Balaban J connectivity index is 1.62. The first-order valence-corrected chi connectivity index (χ1v) is 8.86. The summed E-state index contributed by atoms with van der Waals surface area (Å²) in [6.45, 7) is 3.10. The Morgan fingerprint density at radius 3 is 2.75 bits per heavy atom. The number of carbonyl (C=O) groups is 1. The largest absolute Gasteiger partial charge is 0.490 e. The highest BCUT2D eigenvalue weighted by Gasteiger charge is 2.25. The average Bonchev–Trinajstić information content (AvgIpc) is 2.96. The Kier molecular flexibility index (Phi) is 5.37. The van der Waals surface area contributed by atoms with Gasteiger partial charge < -0.3 is 20.3 Å². The van der Waals surface area contributed by atoms with E-state index >= 15 is 0 Å². The number of aromatic nitrogens is 2. The van der Waals surface area contributed by atoms with E-state index in [1.54, 1.807) is 7.11 Å². The number of nitrogens with two attached hydrogens (primary N) is 1. The minimum Gasteiger partial charge on any atom is -0.490 e. The molecule has 1 aromatic heterocycles. The number of methoxy groups -OCH3 is 1. The molecule has 0 radical (unpaired) electrons. The molecule has 3 rings (SSSR count). The maximum Gasteiger partial charge on any atom is 0.222 e. The van der Waals surface area contributed by atoms with Crippen LogP contribution >= 0.6 is 0 Å². The van der Waals surface area contributed by atoms with Crippen LogP contribution in [0.3, 0.4) is 0 Å². The normalized spacial score (nSPS) is 19.4. The van der Waals surface area contributed by atoms with Gasteiger partial charge in [-0.05, 0) is 25.2 Å². The van der Waals surface area contributed by atoms with Gasteiger partial charge in [-0.3, -0.25) is 4.79 Å². The Hall–Kier alpha value is -2.05. The second-order valence-corrected chi connectivity index (χ2v) is 6.69. The molecule has 1 saturated carbocycles. The molecule has 1 aliphatic carbocycles. The van der Waals surface area contributed by atoms with E-state index in [0.29, 0.717) is 29.8 Å². The van der Waals surface area contributed by atoms with E-state index in [9.17, 15) is 4.79 Å². The highest BCUT2D eigenvalue weighted by molar-refractivity contribution is 5.76. The maximum absolute atomic E-state index is 12.6. The van der Waals surface area contributed by atoms with Crippen molar-refractivity contribution < 1.29 is 9.53 Å². The van der Waals surface area contributed by atoms with Gasteiger partial charge in [0.1, 0.15) is 6.33 Å². The lowest BCUT2D eigenvalue weighted by Crippen LogP contribution is -2.36. The monoisotopic (exact) mass is 333 g/mol. The van der Waals surface area contributed by atoms with Crippen LogP contribution in [0.15, 0.2) is 6.33 Å². The van der Waals surface area contributed by atoms with Gasteiger partial charge in [-0.25, -0.2) is 9.97 Å². The van der Waals surface area contributed by atoms with Crippen LogP contribution in [0.5, 0.6) is 5.75 Å². The highest BCUT2D eigenvalue weighted by Crippen LogP contribution is 2.31. The third-order valence-corrected chi connectivity index (χ3v) is 5.10. The number of hydrogen-bond acceptors (Lipinski definition) is 6. The van der Waals surface area contributed by atoms with Crippen molar-refractivity contribution >= 4 is 17.5 Å². The molecule has 7 nitrogen and oxygen atoms in total. The molecule has 0 unspecified atom stereocenters. The summed E-state index contributed by atoms with van der Waals surface area (Å²) in [5.41, 5.74) is 5.88. The molecule has 132 valence electrons. The van der Waals surface area contributed by atoms with Gasteiger partial charge in [0.15, 0.2) is 11.6 Å². The molecule has 1 amide bonds. The van der Waals surface area contributed by atoms with E-state index in [4.69, 9.17) is 10.5 Å². The zero-order valence-corrected chi connectivity index (χ0v) is 14.4. The van der Waals surface area contributed by atoms with Gasteiger partial charge in [-0.1, -0.05) is 12.8 Å². The number of carbonyl (C=O) groups excluding carboxylic acids is 1. The summed E-state index contributed by atoms with van der Waals surface area (Å²) in [5, 5.41) is 0. The van der Waals surface area contributed by atoms with Crippen LogP contribution in [-0.2, 0) is 4.79 Å². The smallest absolute Gasteiger partial charge is 0.222 e. The fourth-order valence-electron chi connectivity index (χ4n) is 3.77. The van der Waals surface area contributed by atoms with Crippen molar-refractivity contribution in [3.05, 3.63) is 6.33 Å². The van der Waals surface area contributed by atoms with Gasteiger partial charge in [0.25, 0.3) is 0 Å². The van der Waals surface area contributed by atoms with E-state index < -0.39 is 0 Å². The fraction of sp³-hybridized carbons (Fsp3) is 0.706. The second kappa shape index (κ2) is 7.68. The minimum absolute atomic E-state index is 0.304. The number of ether oxygens (including phenoxy) is 1. The predicted molar refractivity (Wildman–Crippen MR) is 93.0 cm³/mol. The van der Waals surface area contributed by atoms with Crippen molar-refractivity contribution in [2.45, 2.75) is 38.5 Å². The van der Waals surface area contributed by atoms with Crippen LogP contribution in [-0.4, -0.2) is 54.1 Å². The molecule has 0 aromatic carbocycles. The molecule has 0 bridgehead atoms. The summed E-state index contributed by atoms with van der Waals surface area (Å²) in [5.74, 6) is 2.48. The van der Waals surface area contributed by atoms with Crippen molar-refractivity contribution in [1.82, 2.24) is 14.9 Å². The number of nitrogen functional groups attached to an aromatic ring is 1. The molecule has 0 spiro atoms. The molecule has 24 heavy (non-hydrogen) atoms. The van der Waals surface area contributed by atoms with E-state index in [0.717, 1.165) is 38.4 Å². The molecule has 1 aromatic rings. The number of amides is 1. The van der Waals surface area contributed by atoms with Crippen LogP contribution in [0.1, 0.15) is 38.5 Å². The quantitative estimate of drug-likeness (QED) is 0.902. The van der Waals surface area contributed by atoms with Crippen molar-refractivity contribution in [2.24, 2.45) is 5.92 Å². The number of anilines is 2. The fourth-order valence-corrected chi connectivity index (χ4v) is 3.77. The van der Waals surface area contributed by atoms with Crippen LogP contribution in [0.2, 0.25) is 0 Å². The van der Waals surface area contributed by atoms with E-state index in [1.165, 1.54) is 32.0 Å². The Labute approximate surface area is 143 Å². The van der Waals surface area contributed by atoms with Gasteiger partial charge in [0, 0.05) is 32.6 Å². The summed E-state index contributed by atoms with van der Waals surface area (Å²) in [4.78, 5) is 25.0. The molecule has 2 N–H and O–H groups in total. The van der Waals surface area contributed by atoms with Crippen LogP contribution in [0.4, 0.5) is 11.6 Å². The molecule has 7 heteroatoms. The summed E-state index contributed by atoms with van der Waals surface area (Å²) in [6.07, 6.45) is 8.07. The van der Waals surface area contributed by atoms with Crippen molar-refractivity contribution in [1.29, 1.82) is 0 Å². The zero-order valence-electron chi connectivity index (χ0n) is 14.4. The standard InChI is InChI=1S/C17H27N5O2/c1-24-15-16(18)19-12-20-17(15)22-8-4-7-21(9-10-22)14(23)11-13-5-2-3-6-13/h12-13H,2-11H2,1H3,(H2,18,19,20). The third kappa shape index (κ3) is 3.71. The predicted octanol–water partition coefficient (Wildman–Crippen LogP) is 1.69. The number of hydrogen-bond donors (Lipinski definition) is 1. The van der Waals surface area contributed by atoms with Crippen molar-refractivity contribution in [2.75, 3.05) is 43.9 Å². The Morgan fingerprint density at radius 1 is 1.21 bits per heavy atom. The second-order valence-electron chi connectivity index (χ2n) is 6.69. The van der Waals surface area contributed by atoms with E-state index in [1.807, 2.05) is 4.90 Å². The maximum atomic E-state index is 12.6. The van der Waals surface area contributed by atoms with Gasteiger partial charge in [-0.2, -0.15) is 0 Å². The molecule has 1 saturated heterocycles. The van der Waals surface area contributed by atoms with Crippen LogP contribution in [0.25, 0.3) is 0 Å². The number of nitrogens with zero attached hydrogens (tertiary/aromatic N) is 4. The first-order chi connectivity index (χ1) is 11.7. The van der Waals surface area contributed by atoms with E-state index in [-0.39, 0.29) is 0 Å². The number of rotatable bonds is 4. The summed E-state index contributed by atoms with van der Waals surface area (Å²) >= 11 is 0. The zero-order chi connectivity index (χ0) is 16.9. The lowest BCUT2D eigenvalue weighted by molar-refractivity contribution is -0.131. The van der Waals surface area contributed by atoms with Gasteiger partial charge >= 0.3 is 0 Å². The Morgan fingerprint density at radius 2 is 2.00 bits per heavy atom. The van der Waals surface area contributed by atoms with Crippen molar-refractivity contribution in [3.8, 4) is 5.75 Å². The summed E-state index contributed by atoms with van der Waals surface area (Å²) in [7, 11) is 1.58. The Bertz CT molecular complexity index is 574. The summed E-state index contributed by atoms with van der Waals surface area (Å²) < 4.78 is 5.36. The van der Waals surface area contributed by atoms with E-state index in [2.05, 4.69) is 14.9 Å². The van der Waals surface area contributed by atoms with Gasteiger partial charge in [0.2, 0.25) is 11.7 Å². The lowest BCUT2D eigenvalue weighted by Gasteiger charge is -2.24. The summed E-state index contributed by atoms with van der Waals surface area (Å²) in [6, 6.07) is 0. The van der Waals surface area contributed by atoms with Crippen LogP contribution in [0, 0.1) is 5.92 Å². The van der Waals surface area contributed by atoms with Gasteiger partial charge in [-0.15, -0.1) is 0 Å². The topological polar surface area (TPSA) is 84.6 Å². The third-order valence-electron chi connectivity index (χ3n) is 5.10. The molecular weight excluding hydrogens is 306 g/mol. The van der Waals surface area contributed by atoms with Gasteiger partial charge in [0.05, 0.1) is 7.11 Å². The molecular formula is C17H27N5O2. The molecule has 2 heterocycles. The molecule has 2 aliphatic rings. The highest BCUT2D eigenvalue weighted by atomic mass is 16.5. The SMILES string of the molecule is COc1c(N)ncnc1N1CCCN(C(=O)CC2CCCC2)CC1. The molecule has 1 aliphatic heterocycles. The molecule has 0 atom stereocenters. The average molecular weight is 333 g/mol. The molecule has 2 fully saturated rings. The minimum atomic E-state index is 0.304. The first-order valence-electron chi connectivity index (χ1n) is 8.86.